The Morgan fingerprint density at radius 1 is 0.625 bits per heavy atom. The van der Waals surface area contributed by atoms with Gasteiger partial charge in [-0.3, -0.25) is 9.59 Å². The minimum Gasteiger partial charge on any atom is -0.426 e. The van der Waals surface area contributed by atoms with Gasteiger partial charge in [-0.2, -0.15) is 0 Å². The molecule has 2 aromatic rings. The standard InChI is InChI=1S/C28H30O4/c1-7-11-21-15-25(16-22(12-8-2)27(21)31-19(5)29)26-17-23(13-9-3)28(32-20(6)30)24(18-26)14-10-4/h7-10,15-18H,1-4,11-14H2,5-6H3. The molecule has 166 valence electrons. The van der Waals surface area contributed by atoms with Crippen molar-refractivity contribution >= 4 is 11.9 Å². The number of hydrogen-bond acceptors (Lipinski definition) is 4. The van der Waals surface area contributed by atoms with Crippen LogP contribution in [0.4, 0.5) is 0 Å². The van der Waals surface area contributed by atoms with Crippen LogP contribution in [0.2, 0.25) is 0 Å². The highest BCUT2D eigenvalue weighted by atomic mass is 16.5. The van der Waals surface area contributed by atoms with Gasteiger partial charge in [0.15, 0.2) is 0 Å². The summed E-state index contributed by atoms with van der Waals surface area (Å²) in [7, 11) is 0. The van der Waals surface area contributed by atoms with Crippen LogP contribution in [0.25, 0.3) is 11.1 Å². The number of allylic oxidation sites excluding steroid dienone is 4. The van der Waals surface area contributed by atoms with Gasteiger partial charge in [0.25, 0.3) is 0 Å². The first kappa shape index (κ1) is 24.6. The molecular formula is C28H30O4. The molecule has 2 aromatic carbocycles. The van der Waals surface area contributed by atoms with E-state index in [1.54, 1.807) is 24.3 Å². The summed E-state index contributed by atoms with van der Waals surface area (Å²) in [5.41, 5.74) is 5.38. The van der Waals surface area contributed by atoms with E-state index in [4.69, 9.17) is 9.47 Å². The maximum atomic E-state index is 11.7. The molecular weight excluding hydrogens is 400 g/mol. The summed E-state index contributed by atoms with van der Waals surface area (Å²) in [6.45, 7) is 18.1. The third-order valence-corrected chi connectivity index (χ3v) is 4.77. The first-order chi connectivity index (χ1) is 15.3. The number of esters is 2. The van der Waals surface area contributed by atoms with Gasteiger partial charge in [-0.25, -0.2) is 0 Å². The molecule has 4 nitrogen and oxygen atoms in total. The average Bonchev–Trinajstić information content (AvgIpc) is 2.72. The number of carbonyl (C=O) groups is 2. The number of rotatable bonds is 11. The summed E-state index contributed by atoms with van der Waals surface area (Å²) >= 11 is 0. The van der Waals surface area contributed by atoms with Crippen LogP contribution in [0.1, 0.15) is 36.1 Å². The maximum absolute atomic E-state index is 11.7. The smallest absolute Gasteiger partial charge is 0.308 e. The second-order valence-electron chi connectivity index (χ2n) is 7.41. The van der Waals surface area contributed by atoms with Crippen molar-refractivity contribution in [3.63, 3.8) is 0 Å². The van der Waals surface area contributed by atoms with Gasteiger partial charge < -0.3 is 9.47 Å². The molecule has 0 aliphatic carbocycles. The monoisotopic (exact) mass is 430 g/mol. The number of hydrogen-bond donors (Lipinski definition) is 0. The zero-order valence-corrected chi connectivity index (χ0v) is 18.9. The van der Waals surface area contributed by atoms with Gasteiger partial charge in [0, 0.05) is 13.8 Å². The first-order valence-corrected chi connectivity index (χ1v) is 10.5. The molecule has 0 radical (unpaired) electrons. The Bertz CT molecular complexity index is 912. The molecule has 0 atom stereocenters. The molecule has 0 saturated carbocycles. The summed E-state index contributed by atoms with van der Waals surface area (Å²) in [6, 6.07) is 8.01. The fourth-order valence-electron chi connectivity index (χ4n) is 3.62. The van der Waals surface area contributed by atoms with Crippen LogP contribution in [0.3, 0.4) is 0 Å². The largest absolute Gasteiger partial charge is 0.426 e. The van der Waals surface area contributed by atoms with E-state index in [9.17, 15) is 9.59 Å². The Morgan fingerprint density at radius 3 is 1.06 bits per heavy atom. The Kier molecular flexibility index (Phi) is 8.96. The van der Waals surface area contributed by atoms with E-state index in [0.29, 0.717) is 37.2 Å². The van der Waals surface area contributed by atoms with Gasteiger partial charge >= 0.3 is 11.9 Å². The lowest BCUT2D eigenvalue weighted by atomic mass is 9.92. The van der Waals surface area contributed by atoms with E-state index < -0.39 is 0 Å². The quantitative estimate of drug-likeness (QED) is 0.245. The van der Waals surface area contributed by atoms with E-state index >= 15 is 0 Å². The van der Waals surface area contributed by atoms with E-state index in [1.807, 2.05) is 24.3 Å². The number of carbonyl (C=O) groups excluding carboxylic acids is 2. The van der Waals surface area contributed by atoms with Gasteiger partial charge in [0.05, 0.1) is 0 Å². The summed E-state index contributed by atoms with van der Waals surface area (Å²) < 4.78 is 11.1. The summed E-state index contributed by atoms with van der Waals surface area (Å²) in [4.78, 5) is 23.4. The third-order valence-electron chi connectivity index (χ3n) is 4.77. The third kappa shape index (κ3) is 6.17. The van der Waals surface area contributed by atoms with Crippen molar-refractivity contribution in [1.82, 2.24) is 0 Å². The summed E-state index contributed by atoms with van der Waals surface area (Å²) in [6.07, 6.45) is 9.30. The van der Waals surface area contributed by atoms with Gasteiger partial charge in [0.1, 0.15) is 11.5 Å². The van der Waals surface area contributed by atoms with Gasteiger partial charge in [-0.05, 0) is 83.3 Å². The lowest BCUT2D eigenvalue weighted by Crippen LogP contribution is -2.08. The SMILES string of the molecule is C=CCc1cc(-c2cc(CC=C)c(OC(C)=O)c(CC=C)c2)cc(CC=C)c1OC(C)=O. The number of ether oxygens (including phenoxy) is 2. The molecule has 0 aromatic heterocycles. The van der Waals surface area contributed by atoms with E-state index in [1.165, 1.54) is 13.8 Å². The van der Waals surface area contributed by atoms with Gasteiger partial charge in [-0.15, -0.1) is 26.3 Å². The minimum atomic E-state index is -0.374. The van der Waals surface area contributed by atoms with Gasteiger partial charge in [-0.1, -0.05) is 24.3 Å². The summed E-state index contributed by atoms with van der Waals surface area (Å²) in [5, 5.41) is 0. The van der Waals surface area contributed by atoms with E-state index in [2.05, 4.69) is 26.3 Å². The number of benzene rings is 2. The normalized spacial score (nSPS) is 10.2. The molecule has 4 heteroatoms. The van der Waals surface area contributed by atoms with Crippen LogP contribution in [0.5, 0.6) is 11.5 Å². The molecule has 0 aliphatic rings. The van der Waals surface area contributed by atoms with Crippen LogP contribution < -0.4 is 9.47 Å². The summed E-state index contributed by atoms with van der Waals surface area (Å²) in [5.74, 6) is 0.353. The van der Waals surface area contributed by atoms with Crippen molar-refractivity contribution in [2.75, 3.05) is 0 Å². The fraction of sp³-hybridized carbons (Fsp3) is 0.214. The second-order valence-corrected chi connectivity index (χ2v) is 7.41. The molecule has 0 fully saturated rings. The van der Waals surface area contributed by atoms with Crippen molar-refractivity contribution in [3.05, 3.63) is 97.1 Å². The minimum absolute atomic E-state index is 0.374. The zero-order chi connectivity index (χ0) is 23.7. The van der Waals surface area contributed by atoms with E-state index in [-0.39, 0.29) is 11.9 Å². The Labute approximate surface area is 190 Å². The van der Waals surface area contributed by atoms with Crippen LogP contribution in [-0.4, -0.2) is 11.9 Å². The van der Waals surface area contributed by atoms with E-state index in [0.717, 1.165) is 33.4 Å². The second kappa shape index (κ2) is 11.7. The molecule has 0 spiro atoms. The van der Waals surface area contributed by atoms with Gasteiger partial charge in [0.2, 0.25) is 0 Å². The molecule has 0 N–H and O–H groups in total. The van der Waals surface area contributed by atoms with Crippen molar-refractivity contribution in [1.29, 1.82) is 0 Å². The Morgan fingerprint density at radius 2 is 0.875 bits per heavy atom. The predicted molar refractivity (Wildman–Crippen MR) is 130 cm³/mol. The Balaban J connectivity index is 2.78. The lowest BCUT2D eigenvalue weighted by molar-refractivity contribution is -0.132. The highest BCUT2D eigenvalue weighted by Gasteiger charge is 2.18. The molecule has 0 aliphatic heterocycles. The van der Waals surface area contributed by atoms with Crippen LogP contribution in [0.15, 0.2) is 74.9 Å². The van der Waals surface area contributed by atoms with Crippen LogP contribution in [-0.2, 0) is 35.3 Å². The molecule has 32 heavy (non-hydrogen) atoms. The highest BCUT2D eigenvalue weighted by Crippen LogP contribution is 2.36. The molecule has 0 bridgehead atoms. The molecule has 0 unspecified atom stereocenters. The lowest BCUT2D eigenvalue weighted by Gasteiger charge is -2.18. The predicted octanol–water partition coefficient (Wildman–Crippen LogP) is 6.12. The Hall–Kier alpha value is -3.66. The molecule has 0 amide bonds. The van der Waals surface area contributed by atoms with Crippen LogP contribution in [0, 0.1) is 0 Å². The van der Waals surface area contributed by atoms with Crippen molar-refractivity contribution in [2.45, 2.75) is 39.5 Å². The van der Waals surface area contributed by atoms with Crippen LogP contribution >= 0.6 is 0 Å². The topological polar surface area (TPSA) is 52.6 Å². The molecule has 2 rings (SSSR count). The zero-order valence-electron chi connectivity index (χ0n) is 18.9. The highest BCUT2D eigenvalue weighted by molar-refractivity contribution is 5.76. The first-order valence-electron chi connectivity index (χ1n) is 10.5. The fourth-order valence-corrected chi connectivity index (χ4v) is 3.62. The molecule has 0 heterocycles. The van der Waals surface area contributed by atoms with Crippen molar-refractivity contribution < 1.29 is 19.1 Å². The average molecular weight is 431 g/mol. The maximum Gasteiger partial charge on any atom is 0.308 e. The van der Waals surface area contributed by atoms with Crippen molar-refractivity contribution in [2.24, 2.45) is 0 Å². The molecule has 0 saturated heterocycles. The van der Waals surface area contributed by atoms with Crippen molar-refractivity contribution in [3.8, 4) is 22.6 Å².